The number of nitrogens with zero attached hydrogens (tertiary/aromatic N) is 2. The topological polar surface area (TPSA) is 49.7 Å². The molecule has 0 bridgehead atoms. The van der Waals surface area contributed by atoms with Gasteiger partial charge < -0.3 is 0 Å². The number of amides is 2. The Labute approximate surface area is 94.6 Å². The Hall–Kier alpha value is -1.97. The molecular formula is C12H14N2O2. The van der Waals surface area contributed by atoms with Crippen molar-refractivity contribution in [1.29, 1.82) is 0 Å². The third-order valence-electron chi connectivity index (χ3n) is 1.81. The highest BCUT2D eigenvalue weighted by atomic mass is 16.2. The Morgan fingerprint density at radius 1 is 1.06 bits per heavy atom. The maximum Gasteiger partial charge on any atom is 0.281 e. The maximum atomic E-state index is 11.9. The quantitative estimate of drug-likeness (QED) is 0.563. The number of carbonyl (C=O) groups excluding carboxylic acids is 2. The van der Waals surface area contributed by atoms with E-state index >= 15 is 0 Å². The number of carbonyl (C=O) groups is 2. The number of benzene rings is 1. The average molecular weight is 218 g/mol. The molecule has 16 heavy (non-hydrogen) atoms. The first-order valence-corrected chi connectivity index (χ1v) is 4.94. The number of hydrazone groups is 1. The number of hydrogen-bond donors (Lipinski definition) is 0. The lowest BCUT2D eigenvalue weighted by Crippen LogP contribution is -2.31. The Kier molecular flexibility index (Phi) is 3.94. The van der Waals surface area contributed by atoms with E-state index in [2.05, 4.69) is 5.10 Å². The zero-order valence-electron chi connectivity index (χ0n) is 9.60. The minimum Gasteiger partial charge on any atom is -0.273 e. The van der Waals surface area contributed by atoms with Gasteiger partial charge in [0.25, 0.3) is 5.91 Å². The summed E-state index contributed by atoms with van der Waals surface area (Å²) in [5.74, 6) is -0.802. The van der Waals surface area contributed by atoms with Crippen molar-refractivity contribution in [2.75, 3.05) is 0 Å². The van der Waals surface area contributed by atoms with Gasteiger partial charge in [-0.1, -0.05) is 18.2 Å². The predicted molar refractivity (Wildman–Crippen MR) is 62.1 cm³/mol. The first-order valence-electron chi connectivity index (χ1n) is 4.94. The van der Waals surface area contributed by atoms with E-state index in [0.717, 1.165) is 5.01 Å². The van der Waals surface area contributed by atoms with Gasteiger partial charge in [0, 0.05) is 18.2 Å². The van der Waals surface area contributed by atoms with Crippen LogP contribution in [0.3, 0.4) is 0 Å². The van der Waals surface area contributed by atoms with Crippen LogP contribution in [0.1, 0.15) is 31.1 Å². The lowest BCUT2D eigenvalue weighted by atomic mass is 10.2. The normalized spacial score (nSPS) is 9.44. The standard InChI is InChI=1S/C12H14N2O2/c1-9(2)13-14(10(3)15)12(16)11-7-5-4-6-8-11/h4-8H,1-3H3. The van der Waals surface area contributed by atoms with Crippen LogP contribution in [-0.2, 0) is 4.79 Å². The summed E-state index contributed by atoms with van der Waals surface area (Å²) in [6, 6.07) is 8.60. The van der Waals surface area contributed by atoms with Crippen LogP contribution in [0.25, 0.3) is 0 Å². The molecule has 0 saturated heterocycles. The number of rotatable bonds is 2. The third kappa shape index (κ3) is 3.02. The molecule has 4 heteroatoms. The maximum absolute atomic E-state index is 11.9. The second-order valence-electron chi connectivity index (χ2n) is 3.55. The molecule has 1 rings (SSSR count). The highest BCUT2D eigenvalue weighted by Crippen LogP contribution is 2.05. The SMILES string of the molecule is CC(=O)N(N=C(C)C)C(=O)c1ccccc1. The van der Waals surface area contributed by atoms with Crippen molar-refractivity contribution in [3.63, 3.8) is 0 Å². The smallest absolute Gasteiger partial charge is 0.273 e. The second kappa shape index (κ2) is 5.21. The molecule has 1 aromatic rings. The van der Waals surface area contributed by atoms with Crippen LogP contribution >= 0.6 is 0 Å². The highest BCUT2D eigenvalue weighted by molar-refractivity contribution is 6.04. The van der Waals surface area contributed by atoms with Gasteiger partial charge in [-0.25, -0.2) is 0 Å². The Bertz CT molecular complexity index is 420. The van der Waals surface area contributed by atoms with Crippen molar-refractivity contribution in [2.45, 2.75) is 20.8 Å². The minimum absolute atomic E-state index is 0.393. The van der Waals surface area contributed by atoms with Gasteiger partial charge in [-0.15, -0.1) is 0 Å². The molecule has 0 fully saturated rings. The Morgan fingerprint density at radius 3 is 2.06 bits per heavy atom. The summed E-state index contributed by atoms with van der Waals surface area (Å²) in [6.07, 6.45) is 0. The van der Waals surface area contributed by atoms with Crippen LogP contribution in [0.4, 0.5) is 0 Å². The van der Waals surface area contributed by atoms with Gasteiger partial charge >= 0.3 is 0 Å². The van der Waals surface area contributed by atoms with E-state index in [1.807, 2.05) is 6.07 Å². The Balaban J connectivity index is 3.02. The van der Waals surface area contributed by atoms with Gasteiger partial charge in [-0.3, -0.25) is 9.59 Å². The molecule has 0 heterocycles. The van der Waals surface area contributed by atoms with Crippen molar-refractivity contribution in [3.8, 4) is 0 Å². The first-order chi connectivity index (χ1) is 7.52. The van der Waals surface area contributed by atoms with Crippen LogP contribution in [0.5, 0.6) is 0 Å². The second-order valence-corrected chi connectivity index (χ2v) is 3.55. The summed E-state index contributed by atoms with van der Waals surface area (Å²) in [6.45, 7) is 4.77. The van der Waals surface area contributed by atoms with Gasteiger partial charge in [0.2, 0.25) is 5.91 Å². The lowest BCUT2D eigenvalue weighted by Gasteiger charge is -2.13. The molecule has 84 valence electrons. The Morgan fingerprint density at radius 2 is 1.62 bits per heavy atom. The van der Waals surface area contributed by atoms with E-state index in [-0.39, 0.29) is 0 Å². The predicted octanol–water partition coefficient (Wildman–Crippen LogP) is 2.07. The molecule has 0 aliphatic carbocycles. The van der Waals surface area contributed by atoms with Crippen molar-refractivity contribution in [3.05, 3.63) is 35.9 Å². The van der Waals surface area contributed by atoms with Gasteiger partial charge in [-0.2, -0.15) is 10.1 Å². The van der Waals surface area contributed by atoms with Crippen LogP contribution in [0.2, 0.25) is 0 Å². The largest absolute Gasteiger partial charge is 0.281 e. The van der Waals surface area contributed by atoms with Crippen LogP contribution in [0, 0.1) is 0 Å². The van der Waals surface area contributed by atoms with E-state index < -0.39 is 11.8 Å². The minimum atomic E-state index is -0.408. The molecule has 0 saturated carbocycles. The summed E-state index contributed by atoms with van der Waals surface area (Å²) < 4.78 is 0. The molecule has 2 amide bonds. The molecule has 0 radical (unpaired) electrons. The summed E-state index contributed by atoms with van der Waals surface area (Å²) in [5.41, 5.74) is 1.10. The molecule has 4 nitrogen and oxygen atoms in total. The molecule has 0 atom stereocenters. The number of hydrogen-bond acceptors (Lipinski definition) is 3. The van der Waals surface area contributed by atoms with Crippen LogP contribution in [-0.4, -0.2) is 22.5 Å². The van der Waals surface area contributed by atoms with Gasteiger partial charge in [-0.05, 0) is 26.0 Å². The fraction of sp³-hybridized carbons (Fsp3) is 0.250. The summed E-state index contributed by atoms with van der Waals surface area (Å²) in [7, 11) is 0. The third-order valence-corrected chi connectivity index (χ3v) is 1.81. The van der Waals surface area contributed by atoms with E-state index in [4.69, 9.17) is 0 Å². The molecule has 0 spiro atoms. The van der Waals surface area contributed by atoms with Gasteiger partial charge in [0.1, 0.15) is 0 Å². The number of imide groups is 1. The molecule has 0 aliphatic heterocycles. The van der Waals surface area contributed by atoms with E-state index in [1.165, 1.54) is 6.92 Å². The van der Waals surface area contributed by atoms with Gasteiger partial charge in [0.15, 0.2) is 0 Å². The monoisotopic (exact) mass is 218 g/mol. The molecule has 1 aromatic carbocycles. The fourth-order valence-electron chi connectivity index (χ4n) is 1.16. The van der Waals surface area contributed by atoms with Crippen molar-refractivity contribution in [2.24, 2.45) is 5.10 Å². The molecule has 0 unspecified atom stereocenters. The lowest BCUT2D eigenvalue weighted by molar-refractivity contribution is -0.126. The van der Waals surface area contributed by atoms with Crippen LogP contribution < -0.4 is 0 Å². The first kappa shape index (κ1) is 12.1. The van der Waals surface area contributed by atoms with Crippen LogP contribution in [0.15, 0.2) is 35.4 Å². The molecule has 0 N–H and O–H groups in total. The zero-order chi connectivity index (χ0) is 12.1. The highest BCUT2D eigenvalue weighted by Gasteiger charge is 2.18. The van der Waals surface area contributed by atoms with E-state index in [1.54, 1.807) is 38.1 Å². The summed E-state index contributed by atoms with van der Waals surface area (Å²) in [4.78, 5) is 23.2. The average Bonchev–Trinajstić information content (AvgIpc) is 2.25. The van der Waals surface area contributed by atoms with Crippen molar-refractivity contribution < 1.29 is 9.59 Å². The molecular weight excluding hydrogens is 204 g/mol. The van der Waals surface area contributed by atoms with E-state index in [9.17, 15) is 9.59 Å². The molecule has 0 aliphatic rings. The van der Waals surface area contributed by atoms with E-state index in [0.29, 0.717) is 11.3 Å². The van der Waals surface area contributed by atoms with Crippen molar-refractivity contribution in [1.82, 2.24) is 5.01 Å². The summed E-state index contributed by atoms with van der Waals surface area (Å²) in [5, 5.41) is 4.78. The van der Waals surface area contributed by atoms with Gasteiger partial charge in [0.05, 0.1) is 0 Å². The zero-order valence-corrected chi connectivity index (χ0v) is 9.60. The summed E-state index contributed by atoms with van der Waals surface area (Å²) >= 11 is 0. The molecule has 0 aromatic heterocycles. The fourth-order valence-corrected chi connectivity index (χ4v) is 1.16. The van der Waals surface area contributed by atoms with Crippen molar-refractivity contribution >= 4 is 17.5 Å².